The van der Waals surface area contributed by atoms with Gasteiger partial charge in [-0.15, -0.1) is 0 Å². The van der Waals surface area contributed by atoms with Gasteiger partial charge in [-0.3, -0.25) is 14.9 Å². The molecule has 1 heterocycles. The average molecular weight is 201 g/mol. The molecule has 1 aliphatic heterocycles. The molecule has 2 amide bonds. The van der Waals surface area contributed by atoms with Crippen LogP contribution in [0, 0.1) is 0 Å². The van der Waals surface area contributed by atoms with Gasteiger partial charge in [0.2, 0.25) is 11.8 Å². The first-order valence-electron chi connectivity index (χ1n) is 3.85. The van der Waals surface area contributed by atoms with E-state index in [0.717, 1.165) is 0 Å². The molecule has 0 saturated carbocycles. The molecule has 2 N–H and O–H groups in total. The molecule has 0 bridgehead atoms. The molecule has 0 aromatic carbocycles. The molecule has 0 aromatic heterocycles. The van der Waals surface area contributed by atoms with E-state index in [1.54, 1.807) is 0 Å². The molecule has 0 aromatic rings. The van der Waals surface area contributed by atoms with Crippen molar-refractivity contribution in [3.05, 3.63) is 12.7 Å². The number of hydrogen-bond donors (Lipinski definition) is 2. The van der Waals surface area contributed by atoms with Gasteiger partial charge in [-0.25, -0.2) is 4.79 Å². The number of carbonyl (C=O) groups excluding carboxylic acids is 2. The fraction of sp³-hybridized carbons (Fsp3) is 0.375. The van der Waals surface area contributed by atoms with Crippen LogP contribution in [-0.2, 0) is 14.3 Å². The largest absolute Gasteiger partial charge is 0.506 e. The lowest BCUT2D eigenvalue weighted by atomic mass is 10.4. The highest BCUT2D eigenvalue weighted by Gasteiger charge is 2.15. The van der Waals surface area contributed by atoms with Crippen LogP contribution in [0.3, 0.4) is 0 Å². The summed E-state index contributed by atoms with van der Waals surface area (Å²) in [6.45, 7) is 3.31. The number of ether oxygens (including phenoxy) is 1. The molecular weight excluding hydrogens is 190 g/mol. The first-order chi connectivity index (χ1) is 6.56. The normalized spacial score (nSPS) is 13.7. The fourth-order valence-corrected chi connectivity index (χ4v) is 0.638. The minimum absolute atomic E-state index is 0.0648. The maximum absolute atomic E-state index is 10.1. The molecule has 14 heavy (non-hydrogen) atoms. The van der Waals surface area contributed by atoms with Crippen LogP contribution >= 0.6 is 0 Å². The van der Waals surface area contributed by atoms with Crippen molar-refractivity contribution in [2.24, 2.45) is 0 Å². The van der Waals surface area contributed by atoms with Crippen LogP contribution < -0.4 is 5.32 Å². The highest BCUT2D eigenvalue weighted by atomic mass is 16.7. The summed E-state index contributed by atoms with van der Waals surface area (Å²) >= 11 is 0. The second-order valence-electron chi connectivity index (χ2n) is 2.34. The number of amides is 2. The lowest BCUT2D eigenvalue weighted by Crippen LogP contribution is -2.18. The van der Waals surface area contributed by atoms with E-state index < -0.39 is 6.16 Å². The van der Waals surface area contributed by atoms with Gasteiger partial charge in [0.15, 0.2) is 0 Å². The molecule has 0 aliphatic carbocycles. The lowest BCUT2D eigenvalue weighted by molar-refractivity contribution is -0.124. The monoisotopic (exact) mass is 201 g/mol. The van der Waals surface area contributed by atoms with Crippen molar-refractivity contribution in [3.8, 4) is 0 Å². The first-order valence-corrected chi connectivity index (χ1v) is 3.85. The van der Waals surface area contributed by atoms with Crippen LogP contribution in [0.5, 0.6) is 0 Å². The van der Waals surface area contributed by atoms with Crippen molar-refractivity contribution in [2.75, 3.05) is 6.61 Å². The predicted octanol–water partition coefficient (Wildman–Crippen LogP) is 0.290. The smallest absolute Gasteiger partial charge is 0.450 e. The second kappa shape index (κ2) is 6.64. The van der Waals surface area contributed by atoms with Crippen molar-refractivity contribution in [1.29, 1.82) is 0 Å². The zero-order valence-corrected chi connectivity index (χ0v) is 7.49. The number of nitrogens with one attached hydrogen (secondary N) is 1. The van der Waals surface area contributed by atoms with Gasteiger partial charge in [0.1, 0.15) is 6.61 Å². The van der Waals surface area contributed by atoms with Gasteiger partial charge < -0.3 is 9.84 Å². The number of carbonyl (C=O) groups is 3. The molecule has 0 atom stereocenters. The minimum Gasteiger partial charge on any atom is -0.450 e. The first kappa shape index (κ1) is 12.2. The zero-order valence-electron chi connectivity index (χ0n) is 7.49. The molecule has 0 spiro atoms. The molecule has 0 radical (unpaired) electrons. The van der Waals surface area contributed by atoms with Crippen LogP contribution in [0.15, 0.2) is 12.7 Å². The number of hydrogen-bond acceptors (Lipinski definition) is 4. The second-order valence-corrected chi connectivity index (χ2v) is 2.34. The number of imide groups is 1. The van der Waals surface area contributed by atoms with Gasteiger partial charge in [-0.1, -0.05) is 12.7 Å². The summed E-state index contributed by atoms with van der Waals surface area (Å²) in [6.07, 6.45) is 0.853. The maximum atomic E-state index is 10.1. The van der Waals surface area contributed by atoms with Crippen molar-refractivity contribution in [1.82, 2.24) is 5.32 Å². The van der Waals surface area contributed by atoms with E-state index in [4.69, 9.17) is 5.11 Å². The van der Waals surface area contributed by atoms with Crippen molar-refractivity contribution in [3.63, 3.8) is 0 Å². The van der Waals surface area contributed by atoms with E-state index in [2.05, 4.69) is 16.6 Å². The number of rotatable bonds is 2. The van der Waals surface area contributed by atoms with Gasteiger partial charge in [-0.05, 0) is 0 Å². The maximum Gasteiger partial charge on any atom is 0.506 e. The van der Waals surface area contributed by atoms with Crippen molar-refractivity contribution in [2.45, 2.75) is 12.8 Å². The Kier molecular flexibility index (Phi) is 5.77. The highest BCUT2D eigenvalue weighted by Crippen LogP contribution is 1.95. The Labute approximate surface area is 80.5 Å². The van der Waals surface area contributed by atoms with Crippen LogP contribution in [0.4, 0.5) is 4.79 Å². The SMILES string of the molecule is C=CCOC(=O)O.O=C1CCC(=O)N1. The summed E-state index contributed by atoms with van der Waals surface area (Å²) in [5, 5.41) is 9.91. The Morgan fingerprint density at radius 3 is 2.14 bits per heavy atom. The Hall–Kier alpha value is -1.85. The van der Waals surface area contributed by atoms with Crippen LogP contribution in [0.2, 0.25) is 0 Å². The Balaban J connectivity index is 0.000000241. The summed E-state index contributed by atoms with van der Waals surface area (Å²) in [5.74, 6) is -0.296. The molecule has 78 valence electrons. The third kappa shape index (κ3) is 6.84. The fourth-order valence-electron chi connectivity index (χ4n) is 0.638. The highest BCUT2D eigenvalue weighted by molar-refractivity contribution is 6.01. The van der Waals surface area contributed by atoms with Gasteiger partial charge in [0.25, 0.3) is 0 Å². The van der Waals surface area contributed by atoms with E-state index in [9.17, 15) is 14.4 Å². The average Bonchev–Trinajstić information content (AvgIpc) is 2.47. The summed E-state index contributed by atoms with van der Waals surface area (Å²) in [6, 6.07) is 0. The minimum atomic E-state index is -1.26. The predicted molar refractivity (Wildman–Crippen MR) is 46.6 cm³/mol. The van der Waals surface area contributed by atoms with E-state index in [1.807, 2.05) is 0 Å². The molecule has 0 unspecified atom stereocenters. The molecule has 6 heteroatoms. The van der Waals surface area contributed by atoms with Gasteiger partial charge in [0.05, 0.1) is 0 Å². The van der Waals surface area contributed by atoms with Crippen LogP contribution in [-0.4, -0.2) is 29.7 Å². The Morgan fingerprint density at radius 1 is 1.50 bits per heavy atom. The Morgan fingerprint density at radius 2 is 2.00 bits per heavy atom. The summed E-state index contributed by atoms with van der Waals surface area (Å²) in [5.41, 5.74) is 0. The van der Waals surface area contributed by atoms with E-state index >= 15 is 0 Å². The van der Waals surface area contributed by atoms with Crippen molar-refractivity contribution >= 4 is 18.0 Å². The van der Waals surface area contributed by atoms with Crippen LogP contribution in [0.25, 0.3) is 0 Å². The quantitative estimate of drug-likeness (QED) is 0.380. The van der Waals surface area contributed by atoms with Crippen molar-refractivity contribution < 1.29 is 24.2 Å². The summed E-state index contributed by atoms with van der Waals surface area (Å²) < 4.78 is 3.99. The van der Waals surface area contributed by atoms with Gasteiger partial charge >= 0.3 is 6.16 Å². The molecular formula is C8H11NO5. The van der Waals surface area contributed by atoms with E-state index in [0.29, 0.717) is 12.8 Å². The summed E-state index contributed by atoms with van der Waals surface area (Å²) in [4.78, 5) is 29.7. The lowest BCUT2D eigenvalue weighted by Gasteiger charge is -1.88. The molecule has 1 aliphatic rings. The standard InChI is InChI=1S/C4H5NO2.C4H6O3/c6-3-1-2-4(7)5-3;1-2-3-7-4(5)6/h1-2H2,(H,5,6,7);2H,1,3H2,(H,5,6). The van der Waals surface area contributed by atoms with E-state index in [-0.39, 0.29) is 18.4 Å². The third-order valence-electron chi connectivity index (χ3n) is 1.18. The van der Waals surface area contributed by atoms with Gasteiger partial charge in [0, 0.05) is 12.8 Å². The summed E-state index contributed by atoms with van der Waals surface area (Å²) in [7, 11) is 0. The van der Waals surface area contributed by atoms with Gasteiger partial charge in [-0.2, -0.15) is 0 Å². The third-order valence-corrected chi connectivity index (χ3v) is 1.18. The molecule has 1 saturated heterocycles. The molecule has 6 nitrogen and oxygen atoms in total. The zero-order chi connectivity index (χ0) is 11.0. The Bertz CT molecular complexity index is 234. The topological polar surface area (TPSA) is 92.7 Å². The van der Waals surface area contributed by atoms with E-state index in [1.165, 1.54) is 6.08 Å². The molecule has 1 rings (SSSR count). The number of carboxylic acid groups (broad SMARTS) is 1. The molecule has 1 fully saturated rings. The van der Waals surface area contributed by atoms with Crippen LogP contribution in [0.1, 0.15) is 12.8 Å².